The number of rotatable bonds is 18. The molecule has 0 spiro atoms. The van der Waals surface area contributed by atoms with E-state index in [2.05, 4.69) is 33.4 Å². The van der Waals surface area contributed by atoms with Crippen molar-refractivity contribution in [3.05, 3.63) is 154 Å². The summed E-state index contributed by atoms with van der Waals surface area (Å²) in [6, 6.07) is 33.4. The Hall–Kier alpha value is -7.19. The second-order valence-electron chi connectivity index (χ2n) is 24.8. The molecule has 5 aromatic rings. The molecule has 4 N–H and O–H groups in total. The lowest BCUT2D eigenvalue weighted by atomic mass is 9.76. The number of likely N-dealkylation sites (tertiary alicyclic amines) is 1. The second-order valence-corrected chi connectivity index (χ2v) is 24.8. The largest absolute Gasteiger partial charge is 0.347 e. The summed E-state index contributed by atoms with van der Waals surface area (Å²) in [4.78, 5) is 106. The summed E-state index contributed by atoms with van der Waals surface area (Å²) in [6.45, 7) is 17.8. The Balaban J connectivity index is 1.05. The molecule has 424 valence electrons. The van der Waals surface area contributed by atoms with Crippen molar-refractivity contribution in [1.82, 2.24) is 36.0 Å². The van der Waals surface area contributed by atoms with E-state index in [0.29, 0.717) is 12.0 Å². The highest BCUT2D eigenvalue weighted by Crippen LogP contribution is 2.36. The summed E-state index contributed by atoms with van der Waals surface area (Å²) in [7, 11) is 1.71. The van der Waals surface area contributed by atoms with Gasteiger partial charge in [0, 0.05) is 62.5 Å². The molecule has 5 aromatic carbocycles. The molecular weight excluding hydrogens is 1000 g/mol. The van der Waals surface area contributed by atoms with Gasteiger partial charge >= 0.3 is 0 Å². The van der Waals surface area contributed by atoms with E-state index in [-0.39, 0.29) is 98.6 Å². The molecule has 2 aliphatic heterocycles. The molecule has 80 heavy (non-hydrogen) atoms. The number of carbonyl (C=O) groups is 7. The quantitative estimate of drug-likeness (QED) is 0.0672. The van der Waals surface area contributed by atoms with Gasteiger partial charge in [-0.15, -0.1) is 0 Å². The predicted molar refractivity (Wildman–Crippen MR) is 313 cm³/mol. The number of carbonyl (C=O) groups excluding carboxylic acids is 7. The minimum absolute atomic E-state index is 0.000656. The van der Waals surface area contributed by atoms with Gasteiger partial charge in [0.1, 0.15) is 23.9 Å². The Kier molecular flexibility index (Phi) is 18.5. The van der Waals surface area contributed by atoms with Crippen LogP contribution in [0.4, 0.5) is 0 Å². The van der Waals surface area contributed by atoms with Crippen molar-refractivity contribution in [2.24, 2.45) is 22.7 Å². The highest BCUT2D eigenvalue weighted by molar-refractivity contribution is 5.97. The number of nitrogens with zero attached hydrogens (tertiary/aromatic N) is 3. The number of Topliss-reactive ketones (excluding diaryl/α,β-unsaturated/α-hetero) is 1. The first-order valence-corrected chi connectivity index (χ1v) is 28.8. The number of amides is 6. The molecule has 1 fully saturated rings. The van der Waals surface area contributed by atoms with Crippen LogP contribution in [0.25, 0.3) is 10.8 Å². The van der Waals surface area contributed by atoms with Crippen LogP contribution in [0, 0.1) is 22.7 Å². The molecule has 0 aromatic heterocycles. The van der Waals surface area contributed by atoms with E-state index in [1.807, 2.05) is 146 Å². The first-order valence-electron chi connectivity index (χ1n) is 28.8. The van der Waals surface area contributed by atoms with E-state index in [4.69, 9.17) is 0 Å². The van der Waals surface area contributed by atoms with Crippen LogP contribution in [-0.2, 0) is 61.2 Å². The number of ketones is 1. The molecule has 6 amide bonds. The van der Waals surface area contributed by atoms with Gasteiger partial charge in [0.15, 0.2) is 0 Å². The van der Waals surface area contributed by atoms with Crippen molar-refractivity contribution < 1.29 is 33.6 Å². The van der Waals surface area contributed by atoms with Crippen LogP contribution in [-0.4, -0.2) is 99.7 Å². The Morgan fingerprint density at radius 3 is 2.00 bits per heavy atom. The van der Waals surface area contributed by atoms with E-state index in [0.717, 1.165) is 57.9 Å². The number of hydrogen-bond acceptors (Lipinski definition) is 8. The molecule has 1 saturated heterocycles. The van der Waals surface area contributed by atoms with Gasteiger partial charge in [-0.05, 0) is 119 Å². The van der Waals surface area contributed by atoms with Crippen LogP contribution in [0.1, 0.15) is 144 Å². The molecule has 3 aliphatic rings. The molecule has 2 unspecified atom stereocenters. The van der Waals surface area contributed by atoms with Gasteiger partial charge in [0.2, 0.25) is 29.5 Å². The van der Waals surface area contributed by atoms with E-state index < -0.39 is 47.0 Å². The number of aryl methyl sites for hydroxylation is 1. The van der Waals surface area contributed by atoms with Crippen LogP contribution >= 0.6 is 0 Å². The molecule has 8 atom stereocenters. The average Bonchev–Trinajstić information content (AvgIpc) is 3.91. The fraction of sp³-hybridized carbons (Fsp3) is 0.470. The minimum atomic E-state index is -0.893. The Bertz CT molecular complexity index is 3090. The van der Waals surface area contributed by atoms with Crippen molar-refractivity contribution >= 4 is 52.0 Å². The highest BCUT2D eigenvalue weighted by Gasteiger charge is 2.47. The number of likely N-dealkylation sites (N-methyl/N-ethyl adjacent to an activating group) is 1. The van der Waals surface area contributed by atoms with Crippen molar-refractivity contribution in [2.45, 2.75) is 163 Å². The summed E-state index contributed by atoms with van der Waals surface area (Å²) in [5, 5.41) is 14.6. The number of nitrogens with one attached hydrogen (secondary N) is 4. The van der Waals surface area contributed by atoms with E-state index in [1.54, 1.807) is 40.8 Å². The fourth-order valence-corrected chi connectivity index (χ4v) is 11.6. The summed E-state index contributed by atoms with van der Waals surface area (Å²) in [5.74, 6) is -2.86. The Morgan fingerprint density at radius 2 is 1.32 bits per heavy atom. The molecule has 0 bridgehead atoms. The van der Waals surface area contributed by atoms with Crippen molar-refractivity contribution in [1.29, 1.82) is 0 Å². The van der Waals surface area contributed by atoms with Crippen LogP contribution in [0.2, 0.25) is 0 Å². The standard InChI is InChI=1S/C66H83N7O7/c1-11-41(2)59(75)70-58(66(7,8)9)64(80)72-39-50-23-15-14-22-49(50)34-56(72)63(79)71(38-44-29-30-45-19-12-13-21-48(45)33-44)37-43-27-31-47(32-28-43)60(76)68-51-35-55(61(77)69-54-26-18-24-46-20-16-17-25-52(46)54)73(40-51)62(78)53(65(4,5)6)36-57(74)42(3)67-10/h12-17,19-23,25,27-33,41-42,51,53-56,58,67H,11,18,24,26,34-40H2,1-10H3,(H,68,76)(H,69,77)(H,70,75)/t41-,42+,51?,53-,54?,55+,56+,58-/m1/s1. The predicted octanol–water partition coefficient (Wildman–Crippen LogP) is 9.02. The first-order chi connectivity index (χ1) is 38.0. The molecule has 14 nitrogen and oxygen atoms in total. The van der Waals surface area contributed by atoms with Gasteiger partial charge in [-0.2, -0.15) is 0 Å². The monoisotopic (exact) mass is 1090 g/mol. The number of fused-ring (bicyclic) bond motifs is 3. The highest BCUT2D eigenvalue weighted by atomic mass is 16.2. The third-order valence-electron chi connectivity index (χ3n) is 16.9. The third-order valence-corrected chi connectivity index (χ3v) is 16.9. The summed E-state index contributed by atoms with van der Waals surface area (Å²) >= 11 is 0. The van der Waals surface area contributed by atoms with Gasteiger partial charge < -0.3 is 36.0 Å². The molecule has 8 rings (SSSR count). The van der Waals surface area contributed by atoms with Crippen LogP contribution in [0.3, 0.4) is 0 Å². The zero-order chi connectivity index (χ0) is 57.6. The molecule has 0 saturated carbocycles. The van der Waals surface area contributed by atoms with Crippen LogP contribution in [0.5, 0.6) is 0 Å². The normalized spacial score (nSPS) is 19.6. The maximum absolute atomic E-state index is 15.5. The molecule has 14 heteroatoms. The summed E-state index contributed by atoms with van der Waals surface area (Å²) < 4.78 is 0. The summed E-state index contributed by atoms with van der Waals surface area (Å²) in [5.41, 5.74) is 4.93. The molecule has 2 heterocycles. The number of benzene rings is 5. The minimum Gasteiger partial charge on any atom is -0.347 e. The zero-order valence-corrected chi connectivity index (χ0v) is 48.6. The lowest BCUT2D eigenvalue weighted by Crippen LogP contribution is -2.61. The first kappa shape index (κ1) is 58.9. The van der Waals surface area contributed by atoms with Gasteiger partial charge in [-0.25, -0.2) is 0 Å². The SMILES string of the molecule is CC[C@@H](C)C(=O)N[C@H](C(=O)N1Cc2ccccc2C[C@H]1C(=O)N(Cc1ccc(C(=O)NC2C[C@@H](C(=O)NC3CCCc4ccccc43)N(C(=O)[C@@H](CC(=O)[C@H](C)NC)C(C)(C)C)C2)cc1)Cc1ccc2ccccc2c1)C(C)(C)C. The second kappa shape index (κ2) is 25.1. The van der Waals surface area contributed by atoms with Gasteiger partial charge in [-0.3, -0.25) is 33.6 Å². The molecular formula is C66H83N7O7. The van der Waals surface area contributed by atoms with E-state index in [1.165, 1.54) is 5.56 Å². The number of hydrogen-bond donors (Lipinski definition) is 4. The van der Waals surface area contributed by atoms with Crippen molar-refractivity contribution in [3.63, 3.8) is 0 Å². The van der Waals surface area contributed by atoms with E-state index in [9.17, 15) is 24.0 Å². The van der Waals surface area contributed by atoms with Crippen LogP contribution < -0.4 is 21.3 Å². The van der Waals surface area contributed by atoms with Crippen molar-refractivity contribution in [2.75, 3.05) is 13.6 Å². The van der Waals surface area contributed by atoms with Gasteiger partial charge in [0.25, 0.3) is 5.91 Å². The maximum Gasteiger partial charge on any atom is 0.251 e. The lowest BCUT2D eigenvalue weighted by Gasteiger charge is -2.42. The van der Waals surface area contributed by atoms with Crippen LogP contribution in [0.15, 0.2) is 115 Å². The van der Waals surface area contributed by atoms with Gasteiger partial charge in [-0.1, -0.05) is 152 Å². The van der Waals surface area contributed by atoms with Gasteiger partial charge in [0.05, 0.1) is 12.1 Å². The molecule has 0 radical (unpaired) electrons. The smallest absolute Gasteiger partial charge is 0.251 e. The average molecular weight is 1090 g/mol. The van der Waals surface area contributed by atoms with E-state index >= 15 is 9.59 Å². The zero-order valence-electron chi connectivity index (χ0n) is 48.6. The lowest BCUT2D eigenvalue weighted by molar-refractivity contribution is -0.151. The maximum atomic E-state index is 15.5. The summed E-state index contributed by atoms with van der Waals surface area (Å²) in [6.07, 6.45) is 3.69. The fourth-order valence-electron chi connectivity index (χ4n) is 11.6. The topological polar surface area (TPSA) is 177 Å². The Labute approximate surface area is 473 Å². The Morgan fingerprint density at radius 1 is 0.688 bits per heavy atom. The van der Waals surface area contributed by atoms with Crippen molar-refractivity contribution in [3.8, 4) is 0 Å². The third kappa shape index (κ3) is 13.7. The molecule has 1 aliphatic carbocycles.